The topological polar surface area (TPSA) is 69.3 Å². The smallest absolute Gasteiger partial charge is 0.323 e. The molecule has 2 aromatic carbocycles. The van der Waals surface area contributed by atoms with Crippen molar-refractivity contribution in [3.8, 4) is 23.0 Å². The van der Waals surface area contributed by atoms with Gasteiger partial charge in [0.05, 0.1) is 34.1 Å². The van der Waals surface area contributed by atoms with Gasteiger partial charge in [-0.15, -0.1) is 11.8 Å². The maximum absolute atomic E-state index is 13.0. The second kappa shape index (κ2) is 8.97. The van der Waals surface area contributed by atoms with Crippen LogP contribution in [0.5, 0.6) is 23.0 Å². The number of rotatable bonds is 6. The van der Waals surface area contributed by atoms with Crippen molar-refractivity contribution in [1.82, 2.24) is 4.90 Å². The predicted molar refractivity (Wildman–Crippen MR) is 110 cm³/mol. The molecule has 2 aromatic rings. The number of ether oxygens (including phenoxy) is 4. The zero-order valence-electron chi connectivity index (χ0n) is 16.4. The minimum absolute atomic E-state index is 0.131. The SMILES string of the molecule is COc1cc(OC)cc(C2SCCN2C(=O)Nc2ccc(OC)cc2OC)c1. The van der Waals surface area contributed by atoms with E-state index < -0.39 is 0 Å². The van der Waals surface area contributed by atoms with Crippen molar-refractivity contribution in [3.05, 3.63) is 42.0 Å². The molecule has 0 saturated carbocycles. The number of hydrogen-bond acceptors (Lipinski definition) is 6. The number of methoxy groups -OCH3 is 4. The predicted octanol–water partition coefficient (Wildman–Crippen LogP) is 4.00. The lowest BCUT2D eigenvalue weighted by Gasteiger charge is -2.25. The van der Waals surface area contributed by atoms with Crippen LogP contribution in [0.2, 0.25) is 0 Å². The molecule has 150 valence electrons. The molecule has 1 heterocycles. The van der Waals surface area contributed by atoms with Crippen LogP contribution in [-0.4, -0.2) is 51.7 Å². The molecular formula is C20H24N2O5S. The number of thioether (sulfide) groups is 1. The summed E-state index contributed by atoms with van der Waals surface area (Å²) in [7, 11) is 6.37. The fourth-order valence-electron chi connectivity index (χ4n) is 3.01. The molecule has 7 nitrogen and oxygen atoms in total. The number of nitrogens with zero attached hydrogens (tertiary/aromatic N) is 1. The van der Waals surface area contributed by atoms with Gasteiger partial charge in [-0.25, -0.2) is 4.79 Å². The van der Waals surface area contributed by atoms with Gasteiger partial charge in [0.15, 0.2) is 0 Å². The molecule has 1 fully saturated rings. The van der Waals surface area contributed by atoms with E-state index in [1.807, 2.05) is 18.2 Å². The van der Waals surface area contributed by atoms with Crippen molar-refractivity contribution in [2.24, 2.45) is 0 Å². The molecule has 0 bridgehead atoms. The number of carbonyl (C=O) groups is 1. The minimum Gasteiger partial charge on any atom is -0.497 e. The third-order valence-corrected chi connectivity index (χ3v) is 5.72. The molecule has 1 aliphatic heterocycles. The quantitative estimate of drug-likeness (QED) is 0.785. The Morgan fingerprint density at radius 1 is 0.964 bits per heavy atom. The Balaban J connectivity index is 1.82. The summed E-state index contributed by atoms with van der Waals surface area (Å²) in [6.45, 7) is 0.638. The lowest BCUT2D eigenvalue weighted by molar-refractivity contribution is 0.214. The fourth-order valence-corrected chi connectivity index (χ4v) is 4.25. The van der Waals surface area contributed by atoms with Crippen molar-refractivity contribution in [2.75, 3.05) is 46.1 Å². The first-order chi connectivity index (χ1) is 13.6. The van der Waals surface area contributed by atoms with Gasteiger partial charge in [0.1, 0.15) is 28.4 Å². The van der Waals surface area contributed by atoms with Crippen molar-refractivity contribution in [1.29, 1.82) is 0 Å². The van der Waals surface area contributed by atoms with Gasteiger partial charge < -0.3 is 29.2 Å². The molecule has 8 heteroatoms. The number of urea groups is 1. The summed E-state index contributed by atoms with van der Waals surface area (Å²) in [4.78, 5) is 14.8. The van der Waals surface area contributed by atoms with E-state index in [0.29, 0.717) is 35.2 Å². The lowest BCUT2D eigenvalue weighted by Crippen LogP contribution is -2.34. The first-order valence-corrected chi connectivity index (χ1v) is 9.78. The Morgan fingerprint density at radius 3 is 2.25 bits per heavy atom. The zero-order valence-corrected chi connectivity index (χ0v) is 17.2. The van der Waals surface area contributed by atoms with E-state index in [4.69, 9.17) is 18.9 Å². The highest BCUT2D eigenvalue weighted by molar-refractivity contribution is 7.99. The Kier molecular flexibility index (Phi) is 6.41. The molecule has 0 spiro atoms. The van der Waals surface area contributed by atoms with Crippen LogP contribution in [-0.2, 0) is 0 Å². The van der Waals surface area contributed by atoms with Gasteiger partial charge in [0.2, 0.25) is 0 Å². The summed E-state index contributed by atoms with van der Waals surface area (Å²) in [5, 5.41) is 2.81. The average Bonchev–Trinajstić information content (AvgIpc) is 3.23. The van der Waals surface area contributed by atoms with E-state index in [0.717, 1.165) is 11.3 Å². The summed E-state index contributed by atoms with van der Waals surface area (Å²) in [5.41, 5.74) is 1.54. The molecular weight excluding hydrogens is 380 g/mol. The van der Waals surface area contributed by atoms with Crippen LogP contribution in [0, 0.1) is 0 Å². The van der Waals surface area contributed by atoms with Crippen LogP contribution in [0.25, 0.3) is 0 Å². The van der Waals surface area contributed by atoms with E-state index in [1.54, 1.807) is 63.3 Å². The first-order valence-electron chi connectivity index (χ1n) is 8.73. The second-order valence-corrected chi connectivity index (χ2v) is 7.25. The Morgan fingerprint density at radius 2 is 1.64 bits per heavy atom. The summed E-state index contributed by atoms with van der Waals surface area (Å²) in [6, 6.07) is 10.8. The van der Waals surface area contributed by atoms with Gasteiger partial charge in [-0.1, -0.05) is 0 Å². The van der Waals surface area contributed by atoms with Gasteiger partial charge in [0, 0.05) is 24.4 Å². The third-order valence-electron chi connectivity index (χ3n) is 4.46. The first kappa shape index (κ1) is 20.0. The maximum atomic E-state index is 13.0. The highest BCUT2D eigenvalue weighted by atomic mass is 32.2. The number of amides is 2. The molecule has 28 heavy (non-hydrogen) atoms. The van der Waals surface area contributed by atoms with E-state index in [1.165, 1.54) is 0 Å². The van der Waals surface area contributed by atoms with Crippen LogP contribution < -0.4 is 24.3 Å². The van der Waals surface area contributed by atoms with Crippen LogP contribution >= 0.6 is 11.8 Å². The third kappa shape index (κ3) is 4.22. The van der Waals surface area contributed by atoms with E-state index in [-0.39, 0.29) is 11.4 Å². The highest BCUT2D eigenvalue weighted by Gasteiger charge is 2.32. The standard InChI is InChI=1S/C20H24N2O5S/c1-24-14-5-6-17(18(12-14)27-4)21-20(23)22-7-8-28-19(22)13-9-15(25-2)11-16(10-13)26-3/h5-6,9-12,19H,7-8H2,1-4H3,(H,21,23). The van der Waals surface area contributed by atoms with Gasteiger partial charge in [-0.2, -0.15) is 0 Å². The molecule has 1 N–H and O–H groups in total. The molecule has 1 unspecified atom stereocenters. The minimum atomic E-state index is -0.194. The number of anilines is 1. The van der Waals surface area contributed by atoms with Crippen molar-refractivity contribution >= 4 is 23.5 Å². The van der Waals surface area contributed by atoms with Crippen molar-refractivity contribution in [2.45, 2.75) is 5.37 Å². The molecule has 1 atom stereocenters. The molecule has 0 radical (unpaired) electrons. The second-order valence-electron chi connectivity index (χ2n) is 6.06. The zero-order chi connectivity index (χ0) is 20.1. The summed E-state index contributed by atoms with van der Waals surface area (Å²) >= 11 is 1.70. The molecule has 1 saturated heterocycles. The largest absolute Gasteiger partial charge is 0.497 e. The van der Waals surface area contributed by atoms with Crippen molar-refractivity contribution in [3.63, 3.8) is 0 Å². The molecule has 1 aliphatic rings. The number of nitrogens with one attached hydrogen (secondary N) is 1. The van der Waals surface area contributed by atoms with Crippen molar-refractivity contribution < 1.29 is 23.7 Å². The van der Waals surface area contributed by atoms with Gasteiger partial charge >= 0.3 is 6.03 Å². The molecule has 2 amide bonds. The van der Waals surface area contributed by atoms with Gasteiger partial charge in [0.25, 0.3) is 0 Å². The maximum Gasteiger partial charge on any atom is 0.323 e. The van der Waals surface area contributed by atoms with Crippen LogP contribution in [0.15, 0.2) is 36.4 Å². The van der Waals surface area contributed by atoms with E-state index in [2.05, 4.69) is 5.32 Å². The lowest BCUT2D eigenvalue weighted by atomic mass is 10.2. The molecule has 0 aromatic heterocycles. The van der Waals surface area contributed by atoms with Crippen LogP contribution in [0.1, 0.15) is 10.9 Å². The summed E-state index contributed by atoms with van der Waals surface area (Å²) < 4.78 is 21.3. The molecule has 0 aliphatic carbocycles. The fraction of sp³-hybridized carbons (Fsp3) is 0.350. The average molecular weight is 404 g/mol. The number of benzene rings is 2. The summed E-state index contributed by atoms with van der Waals surface area (Å²) in [5.74, 6) is 3.43. The van der Waals surface area contributed by atoms with Crippen LogP contribution in [0.4, 0.5) is 10.5 Å². The van der Waals surface area contributed by atoms with Gasteiger partial charge in [-0.05, 0) is 29.8 Å². The Hall–Kier alpha value is -2.74. The number of carbonyl (C=O) groups excluding carboxylic acids is 1. The normalized spacial score (nSPS) is 15.9. The Labute approximate surface area is 168 Å². The monoisotopic (exact) mass is 404 g/mol. The van der Waals surface area contributed by atoms with Gasteiger partial charge in [-0.3, -0.25) is 0 Å². The summed E-state index contributed by atoms with van der Waals surface area (Å²) in [6.07, 6.45) is 0. The Bertz CT molecular complexity index is 823. The van der Waals surface area contributed by atoms with Crippen LogP contribution in [0.3, 0.4) is 0 Å². The van der Waals surface area contributed by atoms with E-state index >= 15 is 0 Å². The molecule has 3 rings (SSSR count). The highest BCUT2D eigenvalue weighted by Crippen LogP contribution is 2.41. The number of hydrogen-bond donors (Lipinski definition) is 1. The van der Waals surface area contributed by atoms with E-state index in [9.17, 15) is 4.79 Å².